The van der Waals surface area contributed by atoms with E-state index < -0.39 is 0 Å². The normalized spacial score (nSPS) is 15.0. The summed E-state index contributed by atoms with van der Waals surface area (Å²) < 4.78 is 0. The van der Waals surface area contributed by atoms with Crippen LogP contribution in [-0.2, 0) is 0 Å². The fraction of sp³-hybridized carbons (Fsp3) is 0.333. The van der Waals surface area contributed by atoms with Gasteiger partial charge in [-0.15, -0.1) is 0 Å². The molecule has 1 aromatic heterocycles. The topological polar surface area (TPSA) is 46.4 Å². The minimum atomic E-state index is -0.339. The predicted octanol–water partition coefficient (Wildman–Crippen LogP) is 4.08. The van der Waals surface area contributed by atoms with Gasteiger partial charge in [0.05, 0.1) is 4.92 Å². The molecule has 0 unspecified atom stereocenters. The first-order valence-electron chi connectivity index (χ1n) is 6.71. The monoisotopic (exact) mass is 290 g/mol. The van der Waals surface area contributed by atoms with Crippen LogP contribution in [0.3, 0.4) is 0 Å². The number of allylic oxidation sites excluding steroid dienone is 3. The SMILES string of the molecule is CCN(CC)/C(=C\c1ccc([N+](=O)[O-])s1)C1C=CC=C1. The van der Waals surface area contributed by atoms with Crippen LogP contribution in [0.25, 0.3) is 6.08 Å². The van der Waals surface area contributed by atoms with E-state index in [-0.39, 0.29) is 15.8 Å². The Morgan fingerprint density at radius 3 is 2.50 bits per heavy atom. The molecule has 0 N–H and O–H groups in total. The van der Waals surface area contributed by atoms with Crippen molar-refractivity contribution >= 4 is 22.4 Å². The maximum absolute atomic E-state index is 10.8. The van der Waals surface area contributed by atoms with Crippen LogP contribution >= 0.6 is 11.3 Å². The van der Waals surface area contributed by atoms with Crippen molar-refractivity contribution in [2.24, 2.45) is 5.92 Å². The van der Waals surface area contributed by atoms with Gasteiger partial charge in [-0.25, -0.2) is 0 Å². The van der Waals surface area contributed by atoms with Crippen molar-refractivity contribution in [2.45, 2.75) is 13.8 Å². The first-order chi connectivity index (χ1) is 9.65. The molecule has 0 amide bonds. The van der Waals surface area contributed by atoms with Crippen LogP contribution in [0.4, 0.5) is 5.00 Å². The Balaban J connectivity index is 2.33. The molecular formula is C15H18N2O2S. The third-order valence-corrected chi connectivity index (χ3v) is 4.28. The van der Waals surface area contributed by atoms with Crippen molar-refractivity contribution in [1.29, 1.82) is 0 Å². The summed E-state index contributed by atoms with van der Waals surface area (Å²) in [4.78, 5) is 13.6. The summed E-state index contributed by atoms with van der Waals surface area (Å²) in [6.45, 7) is 6.09. The summed E-state index contributed by atoms with van der Waals surface area (Å²) in [6.07, 6.45) is 10.4. The van der Waals surface area contributed by atoms with Crippen LogP contribution in [0.5, 0.6) is 0 Å². The standard InChI is InChI=1S/C15H18N2O2S/c1-3-16(4-2)14(12-7-5-6-8-12)11-13-9-10-15(20-13)17(18)19/h5-12H,3-4H2,1-2H3/b14-11-. The largest absolute Gasteiger partial charge is 0.375 e. The molecule has 1 heterocycles. The molecule has 0 saturated heterocycles. The summed E-state index contributed by atoms with van der Waals surface area (Å²) in [5.41, 5.74) is 1.19. The molecule has 0 aromatic carbocycles. The molecule has 0 saturated carbocycles. The molecule has 0 aliphatic heterocycles. The van der Waals surface area contributed by atoms with Crippen LogP contribution in [0, 0.1) is 16.0 Å². The number of hydrogen-bond acceptors (Lipinski definition) is 4. The summed E-state index contributed by atoms with van der Waals surface area (Å²) in [5, 5.41) is 11.0. The minimum absolute atomic E-state index is 0.188. The van der Waals surface area contributed by atoms with E-state index in [4.69, 9.17) is 0 Å². The summed E-state index contributed by atoms with van der Waals surface area (Å²) >= 11 is 1.22. The number of nitro groups is 1. The van der Waals surface area contributed by atoms with E-state index in [1.54, 1.807) is 6.07 Å². The van der Waals surface area contributed by atoms with Gasteiger partial charge in [0.25, 0.3) is 0 Å². The van der Waals surface area contributed by atoms with Crippen LogP contribution in [0.2, 0.25) is 0 Å². The highest BCUT2D eigenvalue weighted by atomic mass is 32.1. The van der Waals surface area contributed by atoms with E-state index in [1.807, 2.05) is 18.2 Å². The van der Waals surface area contributed by atoms with Crippen LogP contribution in [0.1, 0.15) is 18.7 Å². The summed E-state index contributed by atoms with van der Waals surface area (Å²) in [7, 11) is 0. The lowest BCUT2D eigenvalue weighted by Gasteiger charge is -2.27. The zero-order valence-electron chi connectivity index (χ0n) is 11.7. The second kappa shape index (κ2) is 6.52. The van der Waals surface area contributed by atoms with Crippen molar-refractivity contribution in [3.63, 3.8) is 0 Å². The second-order valence-corrected chi connectivity index (χ2v) is 5.56. The predicted molar refractivity (Wildman–Crippen MR) is 83.6 cm³/mol. The molecule has 1 aliphatic carbocycles. The summed E-state index contributed by atoms with van der Waals surface area (Å²) in [6, 6.07) is 3.38. The molecule has 0 atom stereocenters. The quantitative estimate of drug-likeness (QED) is 0.586. The lowest BCUT2D eigenvalue weighted by Crippen LogP contribution is -2.25. The molecule has 5 heteroatoms. The smallest absolute Gasteiger partial charge is 0.324 e. The zero-order valence-corrected chi connectivity index (χ0v) is 12.5. The Kier molecular flexibility index (Phi) is 4.74. The molecule has 0 fully saturated rings. The number of rotatable bonds is 6. The highest BCUT2D eigenvalue weighted by molar-refractivity contribution is 7.16. The number of thiophene rings is 1. The van der Waals surface area contributed by atoms with Gasteiger partial charge in [-0.05, 0) is 26.0 Å². The molecule has 106 valence electrons. The highest BCUT2D eigenvalue weighted by Crippen LogP contribution is 2.30. The Hall–Kier alpha value is -1.88. The van der Waals surface area contributed by atoms with Gasteiger partial charge in [0, 0.05) is 35.6 Å². The van der Waals surface area contributed by atoms with Crippen molar-refractivity contribution in [1.82, 2.24) is 4.90 Å². The Bertz CT molecular complexity index is 556. The zero-order chi connectivity index (χ0) is 14.5. The lowest BCUT2D eigenvalue weighted by molar-refractivity contribution is -0.380. The van der Waals surface area contributed by atoms with Crippen molar-refractivity contribution in [3.05, 3.63) is 57.1 Å². The van der Waals surface area contributed by atoms with Gasteiger partial charge in [0.15, 0.2) is 0 Å². The molecule has 0 bridgehead atoms. The van der Waals surface area contributed by atoms with E-state index in [9.17, 15) is 10.1 Å². The molecule has 0 spiro atoms. The molecule has 4 nitrogen and oxygen atoms in total. The maximum atomic E-state index is 10.8. The Labute approximate surface area is 122 Å². The van der Waals surface area contributed by atoms with Crippen LogP contribution in [0.15, 0.2) is 42.1 Å². The van der Waals surface area contributed by atoms with E-state index in [1.165, 1.54) is 17.0 Å². The summed E-state index contributed by atoms with van der Waals surface area (Å²) in [5.74, 6) is 0.260. The third kappa shape index (κ3) is 3.17. The van der Waals surface area contributed by atoms with Crippen molar-refractivity contribution < 1.29 is 4.92 Å². The Morgan fingerprint density at radius 1 is 1.35 bits per heavy atom. The van der Waals surface area contributed by atoms with E-state index >= 15 is 0 Å². The van der Waals surface area contributed by atoms with Crippen molar-refractivity contribution in [3.8, 4) is 0 Å². The second-order valence-electron chi connectivity index (χ2n) is 4.47. The maximum Gasteiger partial charge on any atom is 0.324 e. The van der Waals surface area contributed by atoms with Crippen LogP contribution in [-0.4, -0.2) is 22.9 Å². The molecule has 20 heavy (non-hydrogen) atoms. The fourth-order valence-corrected chi connectivity index (χ4v) is 3.05. The van der Waals surface area contributed by atoms with Gasteiger partial charge in [-0.2, -0.15) is 0 Å². The van der Waals surface area contributed by atoms with E-state index in [2.05, 4.69) is 37.0 Å². The Morgan fingerprint density at radius 2 is 2.00 bits per heavy atom. The first-order valence-corrected chi connectivity index (χ1v) is 7.53. The van der Waals surface area contributed by atoms with E-state index in [0.29, 0.717) is 0 Å². The number of hydrogen-bond donors (Lipinski definition) is 0. The molecule has 1 aliphatic rings. The van der Waals surface area contributed by atoms with Gasteiger partial charge in [0.1, 0.15) is 0 Å². The molecule has 2 rings (SSSR count). The van der Waals surface area contributed by atoms with Gasteiger partial charge < -0.3 is 4.90 Å². The average Bonchev–Trinajstić information content (AvgIpc) is 3.10. The van der Waals surface area contributed by atoms with Crippen LogP contribution < -0.4 is 0 Å². The highest BCUT2D eigenvalue weighted by Gasteiger charge is 2.17. The van der Waals surface area contributed by atoms with Gasteiger partial charge in [-0.1, -0.05) is 35.6 Å². The van der Waals surface area contributed by atoms with Gasteiger partial charge in [-0.3, -0.25) is 10.1 Å². The fourth-order valence-electron chi connectivity index (χ4n) is 2.28. The van der Waals surface area contributed by atoms with E-state index in [0.717, 1.165) is 18.0 Å². The van der Waals surface area contributed by atoms with Crippen molar-refractivity contribution in [2.75, 3.05) is 13.1 Å². The minimum Gasteiger partial charge on any atom is -0.375 e. The molecule has 1 aromatic rings. The number of nitrogens with zero attached hydrogens (tertiary/aromatic N) is 2. The molecular weight excluding hydrogens is 272 g/mol. The molecule has 0 radical (unpaired) electrons. The first kappa shape index (κ1) is 14.5. The van der Waals surface area contributed by atoms with Gasteiger partial charge in [0.2, 0.25) is 0 Å². The van der Waals surface area contributed by atoms with Gasteiger partial charge >= 0.3 is 5.00 Å². The average molecular weight is 290 g/mol. The third-order valence-electron chi connectivity index (χ3n) is 3.30. The lowest BCUT2D eigenvalue weighted by atomic mass is 10.1.